The molecule has 0 aliphatic heterocycles. The minimum Gasteiger partial charge on any atom is -0.467 e. The van der Waals surface area contributed by atoms with Gasteiger partial charge in [-0.3, -0.25) is 5.32 Å². The van der Waals surface area contributed by atoms with Crippen molar-refractivity contribution in [3.8, 4) is 0 Å². The first-order valence-corrected chi connectivity index (χ1v) is 6.61. The van der Waals surface area contributed by atoms with Crippen molar-refractivity contribution >= 4 is 5.97 Å². The first kappa shape index (κ1) is 16.6. The lowest BCUT2D eigenvalue weighted by atomic mass is 9.91. The number of carbonyl (C=O) groups excluding carboxylic acids is 1. The molecular weight excluding hydrogens is 258 g/mol. The Balaban J connectivity index is 2.82. The largest absolute Gasteiger partial charge is 0.467 e. The van der Waals surface area contributed by atoms with E-state index < -0.39 is 5.54 Å². The zero-order valence-electron chi connectivity index (χ0n) is 12.3. The number of rotatable bonds is 9. The summed E-state index contributed by atoms with van der Waals surface area (Å²) in [4.78, 5) is 12.2. The number of hydrogen-bond acceptors (Lipinski definition) is 5. The van der Waals surface area contributed by atoms with Gasteiger partial charge in [0.2, 0.25) is 0 Å². The minimum absolute atomic E-state index is 0.212. The molecule has 5 heteroatoms. The van der Waals surface area contributed by atoms with Crippen LogP contribution in [0.3, 0.4) is 0 Å². The number of esters is 1. The van der Waals surface area contributed by atoms with Crippen LogP contribution in [-0.4, -0.2) is 47.1 Å². The molecule has 0 aliphatic carbocycles. The van der Waals surface area contributed by atoms with Gasteiger partial charge in [-0.1, -0.05) is 30.3 Å². The Morgan fingerprint density at radius 2 is 1.90 bits per heavy atom. The molecular formula is C15H23NO4. The molecule has 0 saturated carbocycles. The van der Waals surface area contributed by atoms with Gasteiger partial charge in [0.05, 0.1) is 13.7 Å². The molecule has 0 spiro atoms. The fraction of sp³-hybridized carbons (Fsp3) is 0.533. The van der Waals surface area contributed by atoms with Crippen LogP contribution in [0.2, 0.25) is 0 Å². The fourth-order valence-electron chi connectivity index (χ4n) is 2.01. The highest BCUT2D eigenvalue weighted by Crippen LogP contribution is 2.23. The Morgan fingerprint density at radius 1 is 1.20 bits per heavy atom. The molecule has 1 atom stereocenters. The van der Waals surface area contributed by atoms with E-state index >= 15 is 0 Å². The van der Waals surface area contributed by atoms with Crippen molar-refractivity contribution in [1.29, 1.82) is 0 Å². The van der Waals surface area contributed by atoms with E-state index in [1.165, 1.54) is 7.11 Å². The van der Waals surface area contributed by atoms with E-state index in [4.69, 9.17) is 14.2 Å². The molecule has 0 heterocycles. The van der Waals surface area contributed by atoms with Gasteiger partial charge in [0.25, 0.3) is 0 Å². The Labute approximate surface area is 120 Å². The molecule has 0 amide bonds. The van der Waals surface area contributed by atoms with E-state index in [1.807, 2.05) is 30.3 Å². The maximum Gasteiger partial charge on any atom is 0.333 e. The molecule has 1 aromatic rings. The second kappa shape index (κ2) is 8.68. The summed E-state index contributed by atoms with van der Waals surface area (Å²) in [5.74, 6) is -0.363. The lowest BCUT2D eigenvalue weighted by molar-refractivity contribution is -0.152. The number of hydrogen-bond donors (Lipinski definition) is 1. The van der Waals surface area contributed by atoms with Crippen molar-refractivity contribution in [2.24, 2.45) is 0 Å². The highest BCUT2D eigenvalue weighted by molar-refractivity contribution is 5.82. The predicted octanol–water partition coefficient (Wildman–Crippen LogP) is 1.33. The van der Waals surface area contributed by atoms with Crippen LogP contribution in [0.1, 0.15) is 12.0 Å². The van der Waals surface area contributed by atoms with E-state index in [1.54, 1.807) is 14.2 Å². The second-order valence-electron chi connectivity index (χ2n) is 4.41. The van der Waals surface area contributed by atoms with Crippen LogP contribution in [0.4, 0.5) is 0 Å². The lowest BCUT2D eigenvalue weighted by Crippen LogP contribution is -2.51. The average molecular weight is 281 g/mol. The molecule has 1 unspecified atom stereocenters. The maximum absolute atomic E-state index is 12.2. The minimum atomic E-state index is -0.983. The van der Waals surface area contributed by atoms with Gasteiger partial charge in [0.15, 0.2) is 5.54 Å². The molecule has 0 radical (unpaired) electrons. The Morgan fingerprint density at radius 3 is 2.45 bits per heavy atom. The first-order valence-electron chi connectivity index (χ1n) is 6.61. The van der Waals surface area contributed by atoms with Crippen LogP contribution >= 0.6 is 0 Å². The number of likely N-dealkylation sites (N-methyl/N-ethyl adjacent to an activating group) is 1. The lowest BCUT2D eigenvalue weighted by Gasteiger charge is -2.30. The zero-order chi connectivity index (χ0) is 14.8. The van der Waals surface area contributed by atoms with Gasteiger partial charge < -0.3 is 14.2 Å². The van der Waals surface area contributed by atoms with Gasteiger partial charge >= 0.3 is 5.97 Å². The number of methoxy groups -OCH3 is 2. The van der Waals surface area contributed by atoms with Crippen molar-refractivity contribution in [3.05, 3.63) is 35.9 Å². The van der Waals surface area contributed by atoms with E-state index in [0.29, 0.717) is 13.2 Å². The van der Waals surface area contributed by atoms with Crippen molar-refractivity contribution in [2.75, 3.05) is 41.1 Å². The molecule has 20 heavy (non-hydrogen) atoms. The van der Waals surface area contributed by atoms with Crippen LogP contribution < -0.4 is 5.32 Å². The fourth-order valence-corrected chi connectivity index (χ4v) is 2.01. The third-order valence-corrected chi connectivity index (χ3v) is 3.18. The molecule has 0 aliphatic rings. The molecule has 0 aromatic heterocycles. The van der Waals surface area contributed by atoms with E-state index in [0.717, 1.165) is 12.0 Å². The first-order chi connectivity index (χ1) is 9.71. The monoisotopic (exact) mass is 281 g/mol. The van der Waals surface area contributed by atoms with Crippen molar-refractivity contribution in [1.82, 2.24) is 5.32 Å². The Kier molecular flexibility index (Phi) is 7.22. The van der Waals surface area contributed by atoms with Crippen molar-refractivity contribution in [2.45, 2.75) is 12.0 Å². The van der Waals surface area contributed by atoms with Crippen LogP contribution in [0.15, 0.2) is 30.3 Å². The summed E-state index contributed by atoms with van der Waals surface area (Å²) in [7, 11) is 4.75. The SMILES string of the molecule is CNC(COCCCOC)(C(=O)OC)c1ccccc1. The summed E-state index contributed by atoms with van der Waals surface area (Å²) in [6.07, 6.45) is 0.784. The molecule has 112 valence electrons. The summed E-state index contributed by atoms with van der Waals surface area (Å²) in [6, 6.07) is 9.43. The number of nitrogens with one attached hydrogen (secondary N) is 1. The summed E-state index contributed by atoms with van der Waals surface area (Å²) in [5, 5.41) is 3.04. The molecule has 0 saturated heterocycles. The van der Waals surface area contributed by atoms with E-state index in [-0.39, 0.29) is 12.6 Å². The third kappa shape index (κ3) is 4.03. The van der Waals surface area contributed by atoms with Crippen LogP contribution in [0.5, 0.6) is 0 Å². The number of ether oxygens (including phenoxy) is 3. The van der Waals surface area contributed by atoms with Crippen molar-refractivity contribution in [3.63, 3.8) is 0 Å². The molecule has 1 rings (SSSR count). The van der Waals surface area contributed by atoms with Gasteiger partial charge in [0.1, 0.15) is 0 Å². The summed E-state index contributed by atoms with van der Waals surface area (Å²) >= 11 is 0. The van der Waals surface area contributed by atoms with Gasteiger partial charge in [-0.25, -0.2) is 4.79 Å². The van der Waals surface area contributed by atoms with Crippen LogP contribution in [-0.2, 0) is 24.5 Å². The molecule has 5 nitrogen and oxygen atoms in total. The summed E-state index contributed by atoms with van der Waals surface area (Å²) < 4.78 is 15.5. The highest BCUT2D eigenvalue weighted by atomic mass is 16.5. The van der Waals surface area contributed by atoms with Gasteiger partial charge in [-0.15, -0.1) is 0 Å². The molecule has 1 aromatic carbocycles. The molecule has 1 N–H and O–H groups in total. The van der Waals surface area contributed by atoms with Gasteiger partial charge in [-0.05, 0) is 19.0 Å². The second-order valence-corrected chi connectivity index (χ2v) is 4.41. The van der Waals surface area contributed by atoms with Crippen molar-refractivity contribution < 1.29 is 19.0 Å². The average Bonchev–Trinajstić information content (AvgIpc) is 2.51. The van der Waals surface area contributed by atoms with Crippen LogP contribution in [0, 0.1) is 0 Å². The van der Waals surface area contributed by atoms with Gasteiger partial charge in [0, 0.05) is 20.3 Å². The number of benzene rings is 1. The topological polar surface area (TPSA) is 56.8 Å². The standard InChI is InChI=1S/C15H23NO4/c1-16-15(14(17)19-3,12-20-11-7-10-18-2)13-8-5-4-6-9-13/h4-6,8-9,16H,7,10-12H2,1-3H3. The molecule has 0 fully saturated rings. The zero-order valence-corrected chi connectivity index (χ0v) is 12.3. The predicted molar refractivity (Wildman–Crippen MR) is 76.5 cm³/mol. The van der Waals surface area contributed by atoms with E-state index in [2.05, 4.69) is 5.32 Å². The number of carbonyl (C=O) groups is 1. The Bertz CT molecular complexity index is 396. The Hall–Kier alpha value is -1.43. The summed E-state index contributed by atoms with van der Waals surface area (Å²) in [5.41, 5.74) is -0.163. The third-order valence-electron chi connectivity index (χ3n) is 3.18. The molecule has 0 bridgehead atoms. The quantitative estimate of drug-likeness (QED) is 0.546. The smallest absolute Gasteiger partial charge is 0.333 e. The highest BCUT2D eigenvalue weighted by Gasteiger charge is 2.40. The van der Waals surface area contributed by atoms with Crippen LogP contribution in [0.25, 0.3) is 0 Å². The van der Waals surface area contributed by atoms with E-state index in [9.17, 15) is 4.79 Å². The van der Waals surface area contributed by atoms with Gasteiger partial charge in [-0.2, -0.15) is 0 Å². The summed E-state index contributed by atoms with van der Waals surface area (Å²) in [6.45, 7) is 1.38. The normalized spacial score (nSPS) is 13.8. The maximum atomic E-state index is 12.2.